The van der Waals surface area contributed by atoms with Crippen molar-refractivity contribution in [3.63, 3.8) is 0 Å². The average Bonchev–Trinajstić information content (AvgIpc) is 3.12. The van der Waals surface area contributed by atoms with Crippen LogP contribution in [0.3, 0.4) is 0 Å². The Kier molecular flexibility index (Phi) is 3.88. The molecule has 0 atom stereocenters. The molecule has 1 fully saturated rings. The molecule has 5 heteroatoms. The Balaban J connectivity index is 1.88. The van der Waals surface area contributed by atoms with Crippen molar-refractivity contribution in [2.45, 2.75) is 32.6 Å². The molecule has 5 nitrogen and oxygen atoms in total. The van der Waals surface area contributed by atoms with Gasteiger partial charge in [-0.1, -0.05) is 19.8 Å². The molecule has 1 aliphatic rings. The van der Waals surface area contributed by atoms with Crippen LogP contribution < -0.4 is 5.32 Å². The first kappa shape index (κ1) is 15.6. The van der Waals surface area contributed by atoms with Crippen molar-refractivity contribution in [1.29, 1.82) is 0 Å². The molecular weight excluding hydrogens is 292 g/mol. The van der Waals surface area contributed by atoms with E-state index in [4.69, 9.17) is 4.74 Å². The zero-order valence-electron chi connectivity index (χ0n) is 13.8. The third-order valence-electron chi connectivity index (χ3n) is 4.95. The normalized spacial score (nSPS) is 16.5. The summed E-state index contributed by atoms with van der Waals surface area (Å²) in [5, 5.41) is 3.93. The number of anilines is 1. The Hall–Kier alpha value is -2.30. The summed E-state index contributed by atoms with van der Waals surface area (Å²) in [4.78, 5) is 24.3. The van der Waals surface area contributed by atoms with Crippen LogP contribution in [0, 0.1) is 5.41 Å². The Morgan fingerprint density at radius 2 is 1.91 bits per heavy atom. The van der Waals surface area contributed by atoms with Gasteiger partial charge in [0.05, 0.1) is 7.11 Å². The molecule has 23 heavy (non-hydrogen) atoms. The fraction of sp³-hybridized carbons (Fsp3) is 0.444. The maximum atomic E-state index is 12.5. The molecule has 0 unspecified atom stereocenters. The van der Waals surface area contributed by atoms with Gasteiger partial charge in [0.25, 0.3) is 0 Å². The number of amides is 1. The lowest BCUT2D eigenvalue weighted by atomic mass is 9.88. The number of aromatic nitrogens is 1. The number of hydrogen-bond acceptors (Lipinski definition) is 3. The van der Waals surface area contributed by atoms with Crippen molar-refractivity contribution in [1.82, 2.24) is 4.57 Å². The molecular formula is C18H22N2O3. The topological polar surface area (TPSA) is 60.3 Å². The molecule has 1 saturated carbocycles. The first-order valence-electron chi connectivity index (χ1n) is 7.94. The smallest absolute Gasteiger partial charge is 0.354 e. The highest BCUT2D eigenvalue weighted by atomic mass is 16.5. The van der Waals surface area contributed by atoms with Crippen molar-refractivity contribution < 1.29 is 14.3 Å². The Morgan fingerprint density at radius 1 is 1.22 bits per heavy atom. The molecule has 0 spiro atoms. The number of benzene rings is 1. The Morgan fingerprint density at radius 3 is 2.57 bits per heavy atom. The van der Waals surface area contributed by atoms with E-state index in [9.17, 15) is 9.59 Å². The molecule has 122 valence electrons. The fourth-order valence-electron chi connectivity index (χ4n) is 3.39. The fourth-order valence-corrected chi connectivity index (χ4v) is 3.39. The molecule has 1 aromatic heterocycles. The zero-order chi connectivity index (χ0) is 16.6. The first-order valence-corrected chi connectivity index (χ1v) is 7.94. The summed E-state index contributed by atoms with van der Waals surface area (Å²) < 4.78 is 6.59. The Bertz CT molecular complexity index is 770. The van der Waals surface area contributed by atoms with Crippen LogP contribution in [0.2, 0.25) is 0 Å². The average molecular weight is 314 g/mol. The highest BCUT2D eigenvalue weighted by Gasteiger charge is 2.36. The van der Waals surface area contributed by atoms with Crippen LogP contribution in [-0.4, -0.2) is 23.6 Å². The molecule has 2 aromatic rings. The van der Waals surface area contributed by atoms with E-state index in [0.717, 1.165) is 42.3 Å². The van der Waals surface area contributed by atoms with Gasteiger partial charge in [-0.2, -0.15) is 0 Å². The number of methoxy groups -OCH3 is 1. The van der Waals surface area contributed by atoms with Crippen molar-refractivity contribution in [3.8, 4) is 0 Å². The minimum absolute atomic E-state index is 0.0819. The van der Waals surface area contributed by atoms with Crippen LogP contribution in [0.4, 0.5) is 5.69 Å². The number of aryl methyl sites for hydroxylation is 1. The second-order valence-electron chi connectivity index (χ2n) is 6.58. The van der Waals surface area contributed by atoms with Gasteiger partial charge in [-0.25, -0.2) is 4.79 Å². The summed E-state index contributed by atoms with van der Waals surface area (Å²) >= 11 is 0. The van der Waals surface area contributed by atoms with Gasteiger partial charge in [0.15, 0.2) is 0 Å². The molecule has 1 aromatic carbocycles. The van der Waals surface area contributed by atoms with Gasteiger partial charge in [-0.15, -0.1) is 0 Å². The zero-order valence-corrected chi connectivity index (χ0v) is 13.8. The van der Waals surface area contributed by atoms with E-state index < -0.39 is 0 Å². The van der Waals surface area contributed by atoms with Crippen LogP contribution in [-0.2, 0) is 16.6 Å². The molecule has 1 heterocycles. The number of esters is 1. The standard InChI is InChI=1S/C18H22N2O3/c1-18(8-4-5-9-18)17(22)19-13-6-7-14-12(10-13)11-15(20(14)2)16(21)23-3/h6-7,10-11H,4-5,8-9H2,1-3H3,(H,19,22). The molecule has 0 saturated heterocycles. The molecule has 0 radical (unpaired) electrons. The monoisotopic (exact) mass is 314 g/mol. The van der Waals surface area contributed by atoms with E-state index in [1.807, 2.05) is 32.2 Å². The summed E-state index contributed by atoms with van der Waals surface area (Å²) in [6.07, 6.45) is 4.12. The highest BCUT2D eigenvalue weighted by molar-refractivity contribution is 5.99. The van der Waals surface area contributed by atoms with Crippen LogP contribution in [0.25, 0.3) is 10.9 Å². The lowest BCUT2D eigenvalue weighted by Crippen LogP contribution is -2.30. The lowest BCUT2D eigenvalue weighted by molar-refractivity contribution is -0.124. The lowest BCUT2D eigenvalue weighted by Gasteiger charge is -2.22. The van der Waals surface area contributed by atoms with E-state index in [2.05, 4.69) is 5.32 Å². The van der Waals surface area contributed by atoms with Gasteiger partial charge in [0, 0.05) is 29.1 Å². The van der Waals surface area contributed by atoms with E-state index in [0.29, 0.717) is 5.69 Å². The van der Waals surface area contributed by atoms with Crippen LogP contribution in [0.1, 0.15) is 43.1 Å². The largest absolute Gasteiger partial charge is 0.464 e. The Labute approximate surface area is 135 Å². The summed E-state index contributed by atoms with van der Waals surface area (Å²) in [5.74, 6) is -0.286. The van der Waals surface area contributed by atoms with Crippen LogP contribution in [0.5, 0.6) is 0 Å². The van der Waals surface area contributed by atoms with Gasteiger partial charge >= 0.3 is 5.97 Å². The maximum Gasteiger partial charge on any atom is 0.354 e. The van der Waals surface area contributed by atoms with Crippen LogP contribution in [0.15, 0.2) is 24.3 Å². The number of nitrogens with one attached hydrogen (secondary N) is 1. The number of hydrogen-bond donors (Lipinski definition) is 1. The molecule has 1 amide bonds. The third kappa shape index (κ3) is 2.71. The van der Waals surface area contributed by atoms with E-state index in [-0.39, 0.29) is 17.3 Å². The number of ether oxygens (including phenoxy) is 1. The van der Waals surface area contributed by atoms with Gasteiger partial charge in [0.2, 0.25) is 5.91 Å². The SMILES string of the molecule is COC(=O)c1cc2cc(NC(=O)C3(C)CCCC3)ccc2n1C. The van der Waals surface area contributed by atoms with Crippen molar-refractivity contribution >= 4 is 28.5 Å². The first-order chi connectivity index (χ1) is 10.9. The summed E-state index contributed by atoms with van der Waals surface area (Å²) in [6.45, 7) is 2.03. The van der Waals surface area contributed by atoms with Crippen molar-refractivity contribution in [2.75, 3.05) is 12.4 Å². The predicted octanol–water partition coefficient (Wildman–Crippen LogP) is 3.48. The van der Waals surface area contributed by atoms with Crippen LogP contribution >= 0.6 is 0 Å². The number of rotatable bonds is 3. The second kappa shape index (κ2) is 5.72. The summed E-state index contributed by atoms with van der Waals surface area (Å²) in [5.41, 5.74) is 1.92. The van der Waals surface area contributed by atoms with E-state index >= 15 is 0 Å². The number of fused-ring (bicyclic) bond motifs is 1. The minimum atomic E-state index is -0.368. The molecule has 3 rings (SSSR count). The third-order valence-corrected chi connectivity index (χ3v) is 4.95. The predicted molar refractivity (Wildman–Crippen MR) is 89.5 cm³/mol. The minimum Gasteiger partial charge on any atom is -0.464 e. The molecule has 1 N–H and O–H groups in total. The summed E-state index contributed by atoms with van der Waals surface area (Å²) in [6, 6.07) is 7.47. The number of carbonyl (C=O) groups excluding carboxylic acids is 2. The maximum absolute atomic E-state index is 12.5. The van der Waals surface area contributed by atoms with E-state index in [1.54, 1.807) is 10.6 Å². The second-order valence-corrected chi connectivity index (χ2v) is 6.58. The molecule has 0 aliphatic heterocycles. The van der Waals surface area contributed by atoms with Gasteiger partial charge in [-0.3, -0.25) is 4.79 Å². The molecule has 0 bridgehead atoms. The van der Waals surface area contributed by atoms with Crippen molar-refractivity contribution in [3.05, 3.63) is 30.0 Å². The van der Waals surface area contributed by atoms with Gasteiger partial charge < -0.3 is 14.6 Å². The molecule has 1 aliphatic carbocycles. The van der Waals surface area contributed by atoms with Crippen molar-refractivity contribution in [2.24, 2.45) is 12.5 Å². The summed E-state index contributed by atoms with van der Waals surface area (Å²) in [7, 11) is 3.19. The van der Waals surface area contributed by atoms with E-state index in [1.165, 1.54) is 7.11 Å². The van der Waals surface area contributed by atoms with Gasteiger partial charge in [0.1, 0.15) is 5.69 Å². The number of nitrogens with zero attached hydrogens (tertiary/aromatic N) is 1. The quantitative estimate of drug-likeness (QED) is 0.882. The van der Waals surface area contributed by atoms with Gasteiger partial charge in [-0.05, 0) is 37.1 Å². The number of carbonyl (C=O) groups is 2. The highest BCUT2D eigenvalue weighted by Crippen LogP contribution is 2.38.